The van der Waals surface area contributed by atoms with Crippen LogP contribution in [0.3, 0.4) is 0 Å². The highest BCUT2D eigenvalue weighted by Gasteiger charge is 2.34. The van der Waals surface area contributed by atoms with Crippen LogP contribution in [0.15, 0.2) is 46.2 Å². The Kier molecular flexibility index (Phi) is 2.50. The van der Waals surface area contributed by atoms with Crippen LogP contribution in [-0.4, -0.2) is 15.5 Å². The molecule has 4 nitrogen and oxygen atoms in total. The third kappa shape index (κ3) is 1.67. The van der Waals surface area contributed by atoms with Gasteiger partial charge in [0.05, 0.1) is 7.11 Å². The van der Waals surface area contributed by atoms with E-state index in [0.717, 1.165) is 6.07 Å². The lowest BCUT2D eigenvalue weighted by Crippen LogP contribution is -2.13. The first kappa shape index (κ1) is 12.0. The molecule has 0 bridgehead atoms. The zero-order chi connectivity index (χ0) is 13.6. The smallest absolute Gasteiger partial charge is 0.216 e. The monoisotopic (exact) mass is 280 g/mol. The average molecular weight is 280 g/mol. The van der Waals surface area contributed by atoms with Crippen LogP contribution < -0.4 is 9.47 Å². The summed E-state index contributed by atoms with van der Waals surface area (Å²) >= 11 is 0. The first-order valence-electron chi connectivity index (χ1n) is 5.43. The van der Waals surface area contributed by atoms with Crippen molar-refractivity contribution in [2.45, 2.75) is 9.79 Å². The van der Waals surface area contributed by atoms with Crippen LogP contribution in [0.2, 0.25) is 0 Å². The molecule has 0 aromatic heterocycles. The van der Waals surface area contributed by atoms with Crippen molar-refractivity contribution in [2.24, 2.45) is 0 Å². The Bertz CT molecular complexity index is 768. The van der Waals surface area contributed by atoms with Crippen molar-refractivity contribution < 1.29 is 22.3 Å². The molecule has 1 aliphatic heterocycles. The number of fused-ring (bicyclic) bond motifs is 2. The van der Waals surface area contributed by atoms with Crippen molar-refractivity contribution in [3.63, 3.8) is 0 Å². The van der Waals surface area contributed by atoms with Gasteiger partial charge in [0.15, 0.2) is 10.6 Å². The van der Waals surface area contributed by atoms with Crippen LogP contribution in [0.5, 0.6) is 17.2 Å². The predicted octanol–water partition coefficient (Wildman–Crippen LogP) is 2.77. The Morgan fingerprint density at radius 2 is 1.89 bits per heavy atom. The molecule has 0 amide bonds. The molecule has 0 spiro atoms. The van der Waals surface area contributed by atoms with Crippen LogP contribution in [0.4, 0.5) is 4.39 Å². The molecule has 1 heterocycles. The maximum atomic E-state index is 14.0. The number of benzene rings is 2. The van der Waals surface area contributed by atoms with Crippen LogP contribution in [0.1, 0.15) is 0 Å². The van der Waals surface area contributed by atoms with Gasteiger partial charge in [0.25, 0.3) is 0 Å². The fourth-order valence-corrected chi connectivity index (χ4v) is 3.52. The van der Waals surface area contributed by atoms with Crippen molar-refractivity contribution in [3.8, 4) is 17.2 Å². The molecule has 0 fully saturated rings. The minimum absolute atomic E-state index is 0.0356. The Labute approximate surface area is 109 Å². The zero-order valence-electron chi connectivity index (χ0n) is 9.88. The van der Waals surface area contributed by atoms with Gasteiger partial charge in [-0.05, 0) is 12.1 Å². The summed E-state index contributed by atoms with van der Waals surface area (Å²) in [6.07, 6.45) is 0. The lowest BCUT2D eigenvalue weighted by Gasteiger charge is -2.21. The summed E-state index contributed by atoms with van der Waals surface area (Å²) in [6, 6.07) is 8.49. The van der Waals surface area contributed by atoms with E-state index in [1.165, 1.54) is 25.3 Å². The van der Waals surface area contributed by atoms with Crippen LogP contribution in [-0.2, 0) is 9.84 Å². The van der Waals surface area contributed by atoms with E-state index >= 15 is 0 Å². The van der Waals surface area contributed by atoms with Gasteiger partial charge in [0.1, 0.15) is 22.2 Å². The third-order valence-electron chi connectivity index (χ3n) is 2.85. The molecule has 0 saturated carbocycles. The lowest BCUT2D eigenvalue weighted by molar-refractivity contribution is 0.392. The second-order valence-corrected chi connectivity index (χ2v) is 5.84. The second-order valence-electron chi connectivity index (χ2n) is 3.99. The molecular formula is C13H9FO4S. The first-order valence-corrected chi connectivity index (χ1v) is 6.92. The maximum absolute atomic E-state index is 14.0. The number of rotatable bonds is 1. The Balaban J connectivity index is 2.34. The summed E-state index contributed by atoms with van der Waals surface area (Å²) in [6.45, 7) is 0. The van der Waals surface area contributed by atoms with Gasteiger partial charge in [-0.25, -0.2) is 12.8 Å². The van der Waals surface area contributed by atoms with Crippen LogP contribution in [0.25, 0.3) is 0 Å². The second kappa shape index (κ2) is 3.96. The summed E-state index contributed by atoms with van der Waals surface area (Å²) in [5.41, 5.74) is 0. The van der Waals surface area contributed by atoms with Gasteiger partial charge in [-0.3, -0.25) is 0 Å². The molecule has 0 N–H and O–H groups in total. The van der Waals surface area contributed by atoms with Crippen molar-refractivity contribution in [2.75, 3.05) is 7.11 Å². The highest BCUT2D eigenvalue weighted by atomic mass is 32.2. The average Bonchev–Trinajstić information content (AvgIpc) is 2.37. The summed E-state index contributed by atoms with van der Waals surface area (Å²) in [5, 5.41) is 0. The Morgan fingerprint density at radius 1 is 1.16 bits per heavy atom. The number of methoxy groups -OCH3 is 1. The van der Waals surface area contributed by atoms with E-state index in [1.807, 2.05) is 0 Å². The fourth-order valence-electron chi connectivity index (χ4n) is 1.98. The van der Waals surface area contributed by atoms with Crippen molar-refractivity contribution in [3.05, 3.63) is 42.2 Å². The number of para-hydroxylation sites is 1. The Morgan fingerprint density at radius 3 is 2.63 bits per heavy atom. The van der Waals surface area contributed by atoms with Crippen molar-refractivity contribution in [1.29, 1.82) is 0 Å². The van der Waals surface area contributed by atoms with E-state index in [-0.39, 0.29) is 22.1 Å². The van der Waals surface area contributed by atoms with Gasteiger partial charge in [0, 0.05) is 12.1 Å². The van der Waals surface area contributed by atoms with E-state index in [1.54, 1.807) is 12.1 Å². The maximum Gasteiger partial charge on any atom is 0.216 e. The minimum Gasteiger partial charge on any atom is -0.497 e. The molecule has 0 atom stereocenters. The summed E-state index contributed by atoms with van der Waals surface area (Å²) in [7, 11) is -2.55. The van der Waals surface area contributed by atoms with Gasteiger partial charge < -0.3 is 9.47 Å². The van der Waals surface area contributed by atoms with Gasteiger partial charge in [0.2, 0.25) is 9.84 Å². The molecule has 0 unspecified atom stereocenters. The molecule has 19 heavy (non-hydrogen) atoms. The molecule has 2 aromatic carbocycles. The molecular weight excluding hydrogens is 271 g/mol. The van der Waals surface area contributed by atoms with Gasteiger partial charge >= 0.3 is 0 Å². The normalized spacial score (nSPS) is 15.1. The number of hydrogen-bond donors (Lipinski definition) is 0. The van der Waals surface area contributed by atoms with E-state index in [2.05, 4.69) is 0 Å². The number of hydrogen-bond acceptors (Lipinski definition) is 4. The lowest BCUT2D eigenvalue weighted by atomic mass is 10.3. The molecule has 0 aliphatic carbocycles. The number of sulfone groups is 1. The van der Waals surface area contributed by atoms with Gasteiger partial charge in [-0.2, -0.15) is 0 Å². The van der Waals surface area contributed by atoms with E-state index in [0.29, 0.717) is 0 Å². The summed E-state index contributed by atoms with van der Waals surface area (Å²) < 4.78 is 49.0. The number of halogens is 1. The Hall–Kier alpha value is -2.08. The van der Waals surface area contributed by atoms with Crippen LogP contribution >= 0.6 is 0 Å². The standard InChI is InChI=1S/C13H9FO4S/c1-17-8-6-9(14)13-11(7-8)18-10-4-2-3-5-12(10)19(13,15)16/h2-7H,1H3. The van der Waals surface area contributed by atoms with Crippen molar-refractivity contribution in [1.82, 2.24) is 0 Å². The molecule has 0 saturated heterocycles. The molecule has 98 valence electrons. The molecule has 0 radical (unpaired) electrons. The first-order chi connectivity index (χ1) is 9.04. The zero-order valence-corrected chi connectivity index (χ0v) is 10.7. The molecule has 6 heteroatoms. The topological polar surface area (TPSA) is 52.6 Å². The quantitative estimate of drug-likeness (QED) is 0.687. The van der Waals surface area contributed by atoms with Crippen LogP contribution in [0, 0.1) is 5.82 Å². The minimum atomic E-state index is -3.91. The fraction of sp³-hybridized carbons (Fsp3) is 0.0769. The highest BCUT2D eigenvalue weighted by Crippen LogP contribution is 2.44. The summed E-state index contributed by atoms with van der Waals surface area (Å²) in [5.74, 6) is -0.562. The highest BCUT2D eigenvalue weighted by molar-refractivity contribution is 7.91. The number of ether oxygens (including phenoxy) is 2. The molecule has 1 aliphatic rings. The van der Waals surface area contributed by atoms with E-state index in [9.17, 15) is 12.8 Å². The van der Waals surface area contributed by atoms with E-state index < -0.39 is 20.5 Å². The largest absolute Gasteiger partial charge is 0.497 e. The van der Waals surface area contributed by atoms with Gasteiger partial charge in [-0.15, -0.1) is 0 Å². The molecule has 3 rings (SSSR count). The SMILES string of the molecule is COc1cc(F)c2c(c1)Oc1ccccc1S2(=O)=O. The predicted molar refractivity (Wildman–Crippen MR) is 64.9 cm³/mol. The molecule has 2 aromatic rings. The van der Waals surface area contributed by atoms with Gasteiger partial charge in [-0.1, -0.05) is 12.1 Å². The van der Waals surface area contributed by atoms with E-state index in [4.69, 9.17) is 9.47 Å². The summed E-state index contributed by atoms with van der Waals surface area (Å²) in [4.78, 5) is -0.487. The third-order valence-corrected chi connectivity index (χ3v) is 4.70. The van der Waals surface area contributed by atoms with Crippen molar-refractivity contribution >= 4 is 9.84 Å².